The molecule has 1 amide bonds. The predicted octanol–water partition coefficient (Wildman–Crippen LogP) is 7.02. The summed E-state index contributed by atoms with van der Waals surface area (Å²) in [6.07, 6.45) is 7.28. The van der Waals surface area contributed by atoms with Gasteiger partial charge in [-0.3, -0.25) is 9.69 Å². The molecule has 0 bridgehead atoms. The van der Waals surface area contributed by atoms with Crippen LogP contribution in [0.15, 0.2) is 48.5 Å². The predicted molar refractivity (Wildman–Crippen MR) is 135 cm³/mol. The third kappa shape index (κ3) is 5.22. The van der Waals surface area contributed by atoms with Gasteiger partial charge < -0.3 is 9.47 Å². The highest BCUT2D eigenvalue weighted by Crippen LogP contribution is 2.40. The Morgan fingerprint density at radius 1 is 0.970 bits per heavy atom. The largest absolute Gasteiger partial charge is 0.497 e. The van der Waals surface area contributed by atoms with E-state index >= 15 is 0 Å². The topological polar surface area (TPSA) is 51.7 Å². The van der Waals surface area contributed by atoms with Gasteiger partial charge in [-0.25, -0.2) is 4.98 Å². The molecule has 4 rings (SSSR count). The number of aryl methyl sites for hydroxylation is 1. The summed E-state index contributed by atoms with van der Waals surface area (Å²) in [6, 6.07) is 15.7. The summed E-state index contributed by atoms with van der Waals surface area (Å²) in [4.78, 5) is 21.9. The average Bonchev–Trinajstić information content (AvgIpc) is 3.28. The molecule has 1 fully saturated rings. The van der Waals surface area contributed by atoms with Gasteiger partial charge in [0.2, 0.25) is 5.91 Å². The Labute approximate surface area is 200 Å². The van der Waals surface area contributed by atoms with Crippen molar-refractivity contribution in [1.82, 2.24) is 4.98 Å². The molecule has 174 valence electrons. The van der Waals surface area contributed by atoms with Gasteiger partial charge in [-0.1, -0.05) is 32.6 Å². The van der Waals surface area contributed by atoms with Crippen LogP contribution in [0.2, 0.25) is 0 Å². The second kappa shape index (κ2) is 10.8. The van der Waals surface area contributed by atoms with Gasteiger partial charge in [0.05, 0.1) is 25.6 Å². The third-order valence-electron chi connectivity index (χ3n) is 6.22. The maximum absolute atomic E-state index is 13.8. The van der Waals surface area contributed by atoms with E-state index in [0.717, 1.165) is 72.1 Å². The Balaban J connectivity index is 1.77. The van der Waals surface area contributed by atoms with Crippen molar-refractivity contribution in [2.45, 2.75) is 51.9 Å². The number of carbonyl (C=O) groups excluding carboxylic acids is 1. The minimum absolute atomic E-state index is 0.0452. The van der Waals surface area contributed by atoms with E-state index < -0.39 is 0 Å². The van der Waals surface area contributed by atoms with Gasteiger partial charge in [-0.05, 0) is 67.8 Å². The smallest absolute Gasteiger partial charge is 0.236 e. The van der Waals surface area contributed by atoms with Gasteiger partial charge in [0.1, 0.15) is 11.5 Å². The molecule has 6 heteroatoms. The van der Waals surface area contributed by atoms with E-state index in [1.54, 1.807) is 25.6 Å². The number of anilines is 2. The SMILES string of the molecule is CCCc1sc(N(C(=O)C2CCCCC2)c2ccc(OC)cc2)nc1-c1ccc(OC)cc1. The molecule has 1 aliphatic carbocycles. The van der Waals surface area contributed by atoms with Crippen LogP contribution in [0.3, 0.4) is 0 Å². The summed E-state index contributed by atoms with van der Waals surface area (Å²) in [5.74, 6) is 1.79. The first-order valence-corrected chi connectivity index (χ1v) is 12.6. The second-order valence-corrected chi connectivity index (χ2v) is 9.52. The standard InChI is InChI=1S/C27H32N2O3S/c1-4-8-24-25(19-11-15-22(31-2)16-12-19)28-27(33-24)29(21-13-17-23(32-3)18-14-21)26(30)20-9-6-5-7-10-20/h11-18,20H,4-10H2,1-3H3. The number of benzene rings is 2. The molecule has 5 nitrogen and oxygen atoms in total. The van der Waals surface area contributed by atoms with Crippen molar-refractivity contribution in [3.8, 4) is 22.8 Å². The Kier molecular flexibility index (Phi) is 7.65. The molecule has 0 saturated heterocycles. The molecular weight excluding hydrogens is 432 g/mol. The Morgan fingerprint density at radius 2 is 1.58 bits per heavy atom. The van der Waals surface area contributed by atoms with Gasteiger partial charge in [0.15, 0.2) is 5.13 Å². The lowest BCUT2D eigenvalue weighted by atomic mass is 9.88. The number of hydrogen-bond acceptors (Lipinski definition) is 5. The van der Waals surface area contributed by atoms with Gasteiger partial charge in [-0.15, -0.1) is 11.3 Å². The van der Waals surface area contributed by atoms with Crippen molar-refractivity contribution in [3.05, 3.63) is 53.4 Å². The van der Waals surface area contributed by atoms with Crippen molar-refractivity contribution >= 4 is 28.1 Å². The second-order valence-electron chi connectivity index (χ2n) is 8.45. The van der Waals surface area contributed by atoms with Crippen LogP contribution in [-0.4, -0.2) is 25.1 Å². The lowest BCUT2D eigenvalue weighted by molar-refractivity contribution is -0.122. The molecule has 3 aromatic rings. The third-order valence-corrected chi connectivity index (χ3v) is 7.32. The molecule has 0 unspecified atom stereocenters. The van der Waals surface area contributed by atoms with E-state index in [1.807, 2.05) is 53.4 Å². The summed E-state index contributed by atoms with van der Waals surface area (Å²) >= 11 is 1.63. The monoisotopic (exact) mass is 464 g/mol. The van der Waals surface area contributed by atoms with Crippen LogP contribution in [0.25, 0.3) is 11.3 Å². The first-order valence-electron chi connectivity index (χ1n) is 11.8. The highest BCUT2D eigenvalue weighted by molar-refractivity contribution is 7.16. The number of nitrogens with zero attached hydrogens (tertiary/aromatic N) is 2. The van der Waals surface area contributed by atoms with Crippen molar-refractivity contribution in [2.75, 3.05) is 19.1 Å². The van der Waals surface area contributed by atoms with Gasteiger partial charge >= 0.3 is 0 Å². The molecule has 0 radical (unpaired) electrons. The highest BCUT2D eigenvalue weighted by Gasteiger charge is 2.30. The highest BCUT2D eigenvalue weighted by atomic mass is 32.1. The average molecular weight is 465 g/mol. The molecule has 0 aliphatic heterocycles. The maximum atomic E-state index is 13.8. The summed E-state index contributed by atoms with van der Waals surface area (Å²) in [5.41, 5.74) is 2.83. The Morgan fingerprint density at radius 3 is 2.15 bits per heavy atom. The zero-order valence-corrected chi connectivity index (χ0v) is 20.5. The number of methoxy groups -OCH3 is 2. The van der Waals surface area contributed by atoms with E-state index in [-0.39, 0.29) is 11.8 Å². The quantitative estimate of drug-likeness (QED) is 0.359. The fourth-order valence-corrected chi connectivity index (χ4v) is 5.61. The molecule has 33 heavy (non-hydrogen) atoms. The molecular formula is C27H32N2O3S. The van der Waals surface area contributed by atoms with Crippen LogP contribution in [-0.2, 0) is 11.2 Å². The molecule has 1 heterocycles. The van der Waals surface area contributed by atoms with Crippen molar-refractivity contribution in [2.24, 2.45) is 5.92 Å². The molecule has 1 aromatic heterocycles. The number of amides is 1. The normalized spacial score (nSPS) is 14.2. The molecule has 0 atom stereocenters. The number of thiazole rings is 1. The van der Waals surface area contributed by atoms with E-state index in [1.165, 1.54) is 11.3 Å². The van der Waals surface area contributed by atoms with Crippen LogP contribution in [0, 0.1) is 5.92 Å². The maximum Gasteiger partial charge on any atom is 0.236 e. The molecule has 1 aliphatic rings. The van der Waals surface area contributed by atoms with E-state index in [0.29, 0.717) is 0 Å². The van der Waals surface area contributed by atoms with E-state index in [9.17, 15) is 4.79 Å². The number of carbonyl (C=O) groups is 1. The van der Waals surface area contributed by atoms with Crippen molar-refractivity contribution < 1.29 is 14.3 Å². The van der Waals surface area contributed by atoms with Crippen LogP contribution >= 0.6 is 11.3 Å². The van der Waals surface area contributed by atoms with Crippen LogP contribution in [0.1, 0.15) is 50.3 Å². The Hall–Kier alpha value is -2.86. The van der Waals surface area contributed by atoms with Gasteiger partial charge in [-0.2, -0.15) is 0 Å². The summed E-state index contributed by atoms with van der Waals surface area (Å²) < 4.78 is 10.7. The first kappa shape index (κ1) is 23.3. The molecule has 0 N–H and O–H groups in total. The number of aromatic nitrogens is 1. The zero-order valence-electron chi connectivity index (χ0n) is 19.7. The summed E-state index contributed by atoms with van der Waals surface area (Å²) in [6.45, 7) is 2.17. The number of rotatable bonds is 8. The minimum atomic E-state index is 0.0452. The molecule has 2 aromatic carbocycles. The zero-order chi connectivity index (χ0) is 23.2. The minimum Gasteiger partial charge on any atom is -0.497 e. The number of ether oxygens (including phenoxy) is 2. The Bertz CT molecular complexity index is 1050. The van der Waals surface area contributed by atoms with E-state index in [2.05, 4.69) is 6.92 Å². The summed E-state index contributed by atoms with van der Waals surface area (Å²) in [7, 11) is 3.32. The van der Waals surface area contributed by atoms with Crippen molar-refractivity contribution in [1.29, 1.82) is 0 Å². The molecule has 1 saturated carbocycles. The summed E-state index contributed by atoms with van der Waals surface area (Å²) in [5, 5.41) is 0.741. The molecule has 0 spiro atoms. The number of hydrogen-bond donors (Lipinski definition) is 0. The lowest BCUT2D eigenvalue weighted by Gasteiger charge is -2.27. The van der Waals surface area contributed by atoms with Crippen LogP contribution in [0.5, 0.6) is 11.5 Å². The van der Waals surface area contributed by atoms with Crippen molar-refractivity contribution in [3.63, 3.8) is 0 Å². The van der Waals surface area contributed by atoms with Gasteiger partial charge in [0, 0.05) is 16.4 Å². The fraction of sp³-hybridized carbons (Fsp3) is 0.407. The van der Waals surface area contributed by atoms with Crippen LogP contribution in [0.4, 0.5) is 10.8 Å². The van der Waals surface area contributed by atoms with Crippen LogP contribution < -0.4 is 14.4 Å². The first-order chi connectivity index (χ1) is 16.1. The lowest BCUT2D eigenvalue weighted by Crippen LogP contribution is -2.33. The van der Waals surface area contributed by atoms with E-state index in [4.69, 9.17) is 14.5 Å². The fourth-order valence-electron chi connectivity index (χ4n) is 4.40. The van der Waals surface area contributed by atoms with Gasteiger partial charge in [0.25, 0.3) is 0 Å².